The van der Waals surface area contributed by atoms with E-state index in [9.17, 15) is 9.00 Å². The van der Waals surface area contributed by atoms with Crippen LogP contribution in [0, 0.1) is 5.82 Å². The van der Waals surface area contributed by atoms with Crippen LogP contribution in [-0.2, 0) is 27.0 Å². The first-order chi connectivity index (χ1) is 21.0. The Labute approximate surface area is 261 Å². The second kappa shape index (κ2) is 12.8. The first kappa shape index (κ1) is 31.3. The minimum atomic E-state index is -1.59. The molecule has 44 heavy (non-hydrogen) atoms. The van der Waals surface area contributed by atoms with Crippen molar-refractivity contribution >= 4 is 56.3 Å². The van der Waals surface area contributed by atoms with Gasteiger partial charge in [0.2, 0.25) is 5.16 Å². The van der Waals surface area contributed by atoms with Crippen molar-refractivity contribution in [3.63, 3.8) is 0 Å². The van der Waals surface area contributed by atoms with Gasteiger partial charge in [0.1, 0.15) is 33.6 Å². The maximum atomic E-state index is 15.1. The molecule has 2 heterocycles. The number of nitrogens with zero attached hydrogens (tertiary/aromatic N) is 3. The third kappa shape index (κ3) is 6.97. The van der Waals surface area contributed by atoms with Crippen molar-refractivity contribution < 1.29 is 27.6 Å². The molecule has 0 saturated carbocycles. The Bertz CT molecular complexity index is 1840. The van der Waals surface area contributed by atoms with Crippen molar-refractivity contribution in [2.24, 2.45) is 0 Å². The van der Waals surface area contributed by atoms with E-state index in [4.69, 9.17) is 19.2 Å². The second-order valence-corrected chi connectivity index (χ2v) is 13.3. The van der Waals surface area contributed by atoms with Crippen LogP contribution in [0.1, 0.15) is 31.9 Å². The molecule has 1 amide bonds. The van der Waals surface area contributed by atoms with E-state index in [1.165, 1.54) is 35.8 Å². The fourth-order valence-electron chi connectivity index (χ4n) is 4.50. The lowest BCUT2D eigenvalue weighted by molar-refractivity contribution is 0.0589. The van der Waals surface area contributed by atoms with E-state index < -0.39 is 28.3 Å². The van der Waals surface area contributed by atoms with E-state index in [1.807, 2.05) is 48.5 Å². The summed E-state index contributed by atoms with van der Waals surface area (Å²) in [6.07, 6.45) is -0.635. The van der Waals surface area contributed by atoms with Gasteiger partial charge < -0.3 is 19.2 Å². The predicted octanol–water partition coefficient (Wildman–Crippen LogP) is 7.24. The fourth-order valence-corrected chi connectivity index (χ4v) is 6.57. The van der Waals surface area contributed by atoms with Crippen molar-refractivity contribution in [2.75, 3.05) is 26.2 Å². The minimum absolute atomic E-state index is 0.139. The summed E-state index contributed by atoms with van der Waals surface area (Å²) in [6, 6.07) is 17.6. The Balaban J connectivity index is 1.60. The van der Waals surface area contributed by atoms with Crippen molar-refractivity contribution in [3.05, 3.63) is 77.6 Å². The molecule has 5 rings (SSSR count). The maximum absolute atomic E-state index is 15.1. The first-order valence-corrected chi connectivity index (χ1v) is 16.0. The molecule has 1 atom stereocenters. The summed E-state index contributed by atoms with van der Waals surface area (Å²) >= 11 is 1.42. The molecule has 9 nitrogen and oxygen atoms in total. The molecule has 3 aromatic carbocycles. The van der Waals surface area contributed by atoms with Crippen molar-refractivity contribution in [2.45, 2.75) is 48.1 Å². The van der Waals surface area contributed by atoms with Crippen LogP contribution in [0.2, 0.25) is 0 Å². The van der Waals surface area contributed by atoms with Crippen LogP contribution in [0.25, 0.3) is 21.9 Å². The average molecular weight is 637 g/mol. The lowest BCUT2D eigenvalue weighted by atomic mass is 10.1. The number of benzene rings is 3. The summed E-state index contributed by atoms with van der Waals surface area (Å²) in [7, 11) is 3.13. The Kier molecular flexibility index (Phi) is 9.12. The number of ether oxygens (including phenoxy) is 3. The Morgan fingerprint density at radius 2 is 1.59 bits per heavy atom. The number of aromatic nitrogens is 3. The molecular formula is C32H33FN4O5S2. The van der Waals surface area contributed by atoms with Gasteiger partial charge in [-0.2, -0.15) is 0 Å². The van der Waals surface area contributed by atoms with Crippen LogP contribution in [0.4, 0.5) is 14.9 Å². The number of carbonyl (C=O) groups excluding carboxylic acids is 1. The van der Waals surface area contributed by atoms with Crippen molar-refractivity contribution in [1.29, 1.82) is 0 Å². The van der Waals surface area contributed by atoms with Crippen LogP contribution in [-0.4, -0.2) is 52.1 Å². The van der Waals surface area contributed by atoms with Gasteiger partial charge >= 0.3 is 6.09 Å². The molecule has 0 radical (unpaired) electrons. The smallest absolute Gasteiger partial charge is 0.414 e. The number of carbonyl (C=O) groups is 1. The number of hydrogen-bond donors (Lipinski definition) is 1. The van der Waals surface area contributed by atoms with Crippen molar-refractivity contribution in [3.8, 4) is 11.5 Å². The molecular weight excluding hydrogens is 604 g/mol. The van der Waals surface area contributed by atoms with E-state index in [2.05, 4.69) is 9.97 Å². The highest BCUT2D eigenvalue weighted by atomic mass is 32.2. The molecule has 0 aliphatic rings. The second-order valence-electron chi connectivity index (χ2n) is 11.0. The van der Waals surface area contributed by atoms with Crippen LogP contribution in [0.3, 0.4) is 0 Å². The molecule has 0 saturated heterocycles. The van der Waals surface area contributed by atoms with Crippen LogP contribution in [0.5, 0.6) is 11.5 Å². The maximum Gasteiger partial charge on any atom is 0.414 e. The largest absolute Gasteiger partial charge is 0.497 e. The summed E-state index contributed by atoms with van der Waals surface area (Å²) in [4.78, 5) is 26.8. The van der Waals surface area contributed by atoms with Gasteiger partial charge in [-0.15, -0.1) is 11.8 Å². The lowest BCUT2D eigenvalue weighted by Gasteiger charge is -2.25. The van der Waals surface area contributed by atoms with Gasteiger partial charge in [-0.1, -0.05) is 24.3 Å². The number of aromatic amines is 1. The monoisotopic (exact) mass is 636 g/mol. The number of anilines is 1. The van der Waals surface area contributed by atoms with E-state index >= 15 is 4.39 Å². The number of hydrogen-bond acceptors (Lipinski definition) is 8. The molecule has 0 aliphatic heterocycles. The Morgan fingerprint density at radius 3 is 2.18 bits per heavy atom. The Morgan fingerprint density at radius 1 is 0.977 bits per heavy atom. The predicted molar refractivity (Wildman–Crippen MR) is 172 cm³/mol. The van der Waals surface area contributed by atoms with E-state index in [-0.39, 0.29) is 16.6 Å². The van der Waals surface area contributed by atoms with Gasteiger partial charge in [0.05, 0.1) is 47.4 Å². The van der Waals surface area contributed by atoms with Crippen LogP contribution < -0.4 is 14.4 Å². The number of fused-ring (bicyclic) bond motifs is 3. The molecule has 0 spiro atoms. The standard InChI is InChI=1S/C32H33FN4O5S2/c1-32(2,3)42-31(38)37(4)25-16-21(33)15-24-26-28(34-27(24)25)35-30(44(39)18-20-9-13-23(41-6)14-10-20)36-29(26)43-17-19-7-11-22(40-5)12-8-19/h7-16H,17-18H2,1-6H3,(H,34,35,36). The highest BCUT2D eigenvalue weighted by Crippen LogP contribution is 2.38. The molecule has 0 aliphatic carbocycles. The number of rotatable bonds is 9. The van der Waals surface area contributed by atoms with Gasteiger partial charge in [-0.3, -0.25) is 9.11 Å². The van der Waals surface area contributed by atoms with Gasteiger partial charge in [0, 0.05) is 18.2 Å². The molecule has 5 aromatic rings. The summed E-state index contributed by atoms with van der Waals surface area (Å²) in [6.45, 7) is 5.29. The SMILES string of the molecule is COc1ccc(CSc2nc(S(=O)Cc3ccc(OC)cc3)nc3[nH]c4c(N(C)C(=O)OC(C)(C)C)cc(F)cc4c23)cc1. The number of nitrogens with one attached hydrogen (secondary N) is 1. The average Bonchev–Trinajstić information content (AvgIpc) is 3.37. The summed E-state index contributed by atoms with van der Waals surface area (Å²) in [5.74, 6) is 1.63. The van der Waals surface area contributed by atoms with Crippen molar-refractivity contribution in [1.82, 2.24) is 15.0 Å². The van der Waals surface area contributed by atoms with E-state index in [0.29, 0.717) is 38.5 Å². The third-order valence-corrected chi connectivity index (χ3v) is 8.91. The van der Waals surface area contributed by atoms with Crippen LogP contribution in [0.15, 0.2) is 70.8 Å². The lowest BCUT2D eigenvalue weighted by Crippen LogP contribution is -2.34. The summed E-state index contributed by atoms with van der Waals surface area (Å²) in [5.41, 5.74) is 2.25. The van der Waals surface area contributed by atoms with Gasteiger partial charge in [-0.25, -0.2) is 19.2 Å². The molecule has 12 heteroatoms. The molecule has 1 N–H and O–H groups in total. The van der Waals surface area contributed by atoms with E-state index in [0.717, 1.165) is 16.9 Å². The summed E-state index contributed by atoms with van der Waals surface area (Å²) < 4.78 is 44.7. The highest BCUT2D eigenvalue weighted by molar-refractivity contribution is 7.98. The highest BCUT2D eigenvalue weighted by Gasteiger charge is 2.25. The van der Waals surface area contributed by atoms with Gasteiger partial charge in [0.15, 0.2) is 0 Å². The fraction of sp³-hybridized carbons (Fsp3) is 0.281. The number of H-pyrrole nitrogens is 1. The van der Waals surface area contributed by atoms with Crippen LogP contribution >= 0.6 is 11.8 Å². The molecule has 0 bridgehead atoms. The number of halogens is 1. The third-order valence-electron chi connectivity index (χ3n) is 6.67. The number of methoxy groups -OCH3 is 2. The Hall–Kier alpha value is -4.16. The summed E-state index contributed by atoms with van der Waals surface area (Å²) in [5, 5.41) is 1.74. The van der Waals surface area contributed by atoms with Gasteiger partial charge in [-0.05, 0) is 68.3 Å². The molecule has 1 unspecified atom stereocenters. The zero-order chi connectivity index (χ0) is 31.6. The zero-order valence-corrected chi connectivity index (χ0v) is 26.9. The normalized spacial score (nSPS) is 12.3. The van der Waals surface area contributed by atoms with Gasteiger partial charge in [0.25, 0.3) is 0 Å². The number of amides is 1. The topological polar surface area (TPSA) is 107 Å². The number of thioether (sulfide) groups is 1. The zero-order valence-electron chi connectivity index (χ0n) is 25.3. The molecule has 230 valence electrons. The molecule has 2 aromatic heterocycles. The first-order valence-electron chi connectivity index (χ1n) is 13.7. The minimum Gasteiger partial charge on any atom is -0.497 e. The van der Waals surface area contributed by atoms with E-state index in [1.54, 1.807) is 35.0 Å². The quantitative estimate of drug-likeness (QED) is 0.103. The molecule has 0 fully saturated rings.